The number of nitrogens with one attached hydrogen (secondary N) is 1. The lowest BCUT2D eigenvalue weighted by Crippen LogP contribution is -2.15. The minimum Gasteiger partial charge on any atom is -0.393 e. The number of hydrogen-bond acceptors (Lipinski definition) is 5. The van der Waals surface area contributed by atoms with Gasteiger partial charge in [-0.25, -0.2) is 9.97 Å². The van der Waals surface area contributed by atoms with Gasteiger partial charge in [0.1, 0.15) is 12.0 Å². The molecule has 0 aliphatic rings. The van der Waals surface area contributed by atoms with E-state index in [9.17, 15) is 0 Å². The molecule has 3 N–H and O–H groups in total. The molecule has 0 spiro atoms. The molecular formula is C13H17N5. The number of anilines is 3. The quantitative estimate of drug-likeness (QED) is 0.856. The second-order valence-electron chi connectivity index (χ2n) is 4.19. The van der Waals surface area contributed by atoms with Crippen LogP contribution in [0.4, 0.5) is 17.3 Å². The molecule has 0 amide bonds. The average molecular weight is 243 g/mol. The maximum absolute atomic E-state index is 6.02. The van der Waals surface area contributed by atoms with Gasteiger partial charge in [0, 0.05) is 20.6 Å². The molecule has 0 aliphatic heterocycles. The van der Waals surface area contributed by atoms with E-state index in [1.54, 1.807) is 0 Å². The molecule has 1 aromatic heterocycles. The monoisotopic (exact) mass is 243 g/mol. The van der Waals surface area contributed by atoms with Crippen molar-refractivity contribution in [3.8, 4) is 0 Å². The summed E-state index contributed by atoms with van der Waals surface area (Å²) in [7, 11) is 3.80. The third kappa shape index (κ3) is 2.68. The van der Waals surface area contributed by atoms with Crippen molar-refractivity contribution in [2.24, 2.45) is 0 Å². The Bertz CT molecular complexity index is 510. The molecule has 1 aromatic carbocycles. The van der Waals surface area contributed by atoms with Crippen molar-refractivity contribution < 1.29 is 0 Å². The summed E-state index contributed by atoms with van der Waals surface area (Å²) in [6.07, 6.45) is 1.51. The fourth-order valence-electron chi connectivity index (χ4n) is 1.67. The van der Waals surface area contributed by atoms with Crippen LogP contribution in [0.2, 0.25) is 0 Å². The van der Waals surface area contributed by atoms with Gasteiger partial charge in [-0.05, 0) is 5.56 Å². The van der Waals surface area contributed by atoms with Crippen molar-refractivity contribution in [3.63, 3.8) is 0 Å². The van der Waals surface area contributed by atoms with Crippen LogP contribution in [0.25, 0.3) is 0 Å². The Morgan fingerprint density at radius 1 is 1.17 bits per heavy atom. The third-order valence-electron chi connectivity index (χ3n) is 2.59. The van der Waals surface area contributed by atoms with E-state index < -0.39 is 0 Å². The molecule has 2 rings (SSSR count). The van der Waals surface area contributed by atoms with Crippen molar-refractivity contribution in [2.75, 3.05) is 30.0 Å². The van der Waals surface area contributed by atoms with Gasteiger partial charge < -0.3 is 16.0 Å². The first kappa shape index (κ1) is 12.2. The number of hydrogen-bond donors (Lipinski definition) is 2. The zero-order chi connectivity index (χ0) is 13.0. The molecule has 0 unspecified atom stereocenters. The number of nitrogen functional groups attached to an aromatic ring is 1. The lowest BCUT2D eigenvalue weighted by atomic mass is 10.2. The van der Waals surface area contributed by atoms with Crippen molar-refractivity contribution in [1.82, 2.24) is 9.97 Å². The van der Waals surface area contributed by atoms with Gasteiger partial charge >= 0.3 is 0 Å². The van der Waals surface area contributed by atoms with E-state index in [0.717, 1.165) is 5.82 Å². The van der Waals surface area contributed by atoms with Crippen LogP contribution >= 0.6 is 0 Å². The highest BCUT2D eigenvalue weighted by atomic mass is 15.2. The largest absolute Gasteiger partial charge is 0.393 e. The van der Waals surface area contributed by atoms with Crippen LogP contribution in [0.5, 0.6) is 0 Å². The predicted octanol–water partition coefficient (Wildman–Crippen LogP) is 1.74. The van der Waals surface area contributed by atoms with E-state index in [1.807, 2.05) is 37.2 Å². The molecule has 0 atom stereocenters. The van der Waals surface area contributed by atoms with E-state index in [4.69, 9.17) is 5.73 Å². The SMILES string of the molecule is CN(C)c1ncnc(NCc2ccccc2)c1N. The molecule has 1 heterocycles. The molecule has 94 valence electrons. The van der Waals surface area contributed by atoms with E-state index in [-0.39, 0.29) is 0 Å². The fourth-order valence-corrected chi connectivity index (χ4v) is 1.67. The number of nitrogens with two attached hydrogens (primary N) is 1. The first-order chi connectivity index (χ1) is 8.68. The Morgan fingerprint density at radius 3 is 2.56 bits per heavy atom. The molecule has 0 aliphatic carbocycles. The molecule has 0 saturated carbocycles. The first-order valence-electron chi connectivity index (χ1n) is 5.74. The Hall–Kier alpha value is -2.30. The number of nitrogens with zero attached hydrogens (tertiary/aromatic N) is 3. The molecule has 2 aromatic rings. The van der Waals surface area contributed by atoms with Gasteiger partial charge in [-0.15, -0.1) is 0 Å². The number of aromatic nitrogens is 2. The molecule has 5 heteroatoms. The van der Waals surface area contributed by atoms with E-state index in [1.165, 1.54) is 11.9 Å². The minimum absolute atomic E-state index is 0.568. The van der Waals surface area contributed by atoms with Crippen LogP contribution in [0.1, 0.15) is 5.56 Å². The topological polar surface area (TPSA) is 67.1 Å². The van der Waals surface area contributed by atoms with Crippen molar-refractivity contribution in [1.29, 1.82) is 0 Å². The Kier molecular flexibility index (Phi) is 3.62. The second kappa shape index (κ2) is 5.35. The summed E-state index contributed by atoms with van der Waals surface area (Å²) in [6, 6.07) is 10.1. The Balaban J connectivity index is 2.13. The van der Waals surface area contributed by atoms with Crippen LogP contribution in [0.3, 0.4) is 0 Å². The van der Waals surface area contributed by atoms with Crippen LogP contribution in [-0.2, 0) is 6.54 Å². The summed E-state index contributed by atoms with van der Waals surface area (Å²) in [5.41, 5.74) is 7.77. The van der Waals surface area contributed by atoms with Crippen molar-refractivity contribution >= 4 is 17.3 Å². The Morgan fingerprint density at radius 2 is 1.89 bits per heavy atom. The van der Waals surface area contributed by atoms with Crippen LogP contribution < -0.4 is 16.0 Å². The van der Waals surface area contributed by atoms with E-state index in [2.05, 4.69) is 27.4 Å². The lowest BCUT2D eigenvalue weighted by Gasteiger charge is -2.16. The summed E-state index contributed by atoms with van der Waals surface area (Å²) in [4.78, 5) is 10.2. The highest BCUT2D eigenvalue weighted by Gasteiger charge is 2.08. The molecule has 18 heavy (non-hydrogen) atoms. The second-order valence-corrected chi connectivity index (χ2v) is 4.19. The van der Waals surface area contributed by atoms with Crippen LogP contribution in [0.15, 0.2) is 36.7 Å². The minimum atomic E-state index is 0.568. The number of rotatable bonds is 4. The maximum Gasteiger partial charge on any atom is 0.156 e. The summed E-state index contributed by atoms with van der Waals surface area (Å²) < 4.78 is 0. The van der Waals surface area contributed by atoms with Gasteiger partial charge in [0.25, 0.3) is 0 Å². The summed E-state index contributed by atoms with van der Waals surface area (Å²) in [6.45, 7) is 0.689. The van der Waals surface area contributed by atoms with Gasteiger partial charge in [0.15, 0.2) is 11.6 Å². The Labute approximate surface area is 107 Å². The van der Waals surface area contributed by atoms with E-state index in [0.29, 0.717) is 18.1 Å². The van der Waals surface area contributed by atoms with Gasteiger partial charge in [-0.2, -0.15) is 0 Å². The highest BCUT2D eigenvalue weighted by Crippen LogP contribution is 2.24. The number of benzene rings is 1. The zero-order valence-electron chi connectivity index (χ0n) is 10.6. The van der Waals surface area contributed by atoms with Gasteiger partial charge in [0.05, 0.1) is 0 Å². The highest BCUT2D eigenvalue weighted by molar-refractivity contribution is 5.74. The molecule has 0 fully saturated rings. The smallest absolute Gasteiger partial charge is 0.156 e. The van der Waals surface area contributed by atoms with Gasteiger partial charge in [-0.3, -0.25) is 0 Å². The van der Waals surface area contributed by atoms with Crippen molar-refractivity contribution in [3.05, 3.63) is 42.2 Å². The predicted molar refractivity (Wildman–Crippen MR) is 74.5 cm³/mol. The standard InChI is InChI=1S/C13H17N5/c1-18(2)13-11(14)12(16-9-17-13)15-8-10-6-4-3-5-7-10/h3-7,9H,8,14H2,1-2H3,(H,15,16,17). The van der Waals surface area contributed by atoms with Crippen molar-refractivity contribution in [2.45, 2.75) is 6.54 Å². The molecular weight excluding hydrogens is 226 g/mol. The maximum atomic E-state index is 6.02. The van der Waals surface area contributed by atoms with Crippen LogP contribution in [-0.4, -0.2) is 24.1 Å². The first-order valence-corrected chi connectivity index (χ1v) is 5.74. The normalized spacial score (nSPS) is 10.1. The molecule has 5 nitrogen and oxygen atoms in total. The van der Waals surface area contributed by atoms with Gasteiger partial charge in [-0.1, -0.05) is 30.3 Å². The molecule has 0 saturated heterocycles. The summed E-state index contributed by atoms with van der Waals surface area (Å²) in [5.74, 6) is 1.39. The third-order valence-corrected chi connectivity index (χ3v) is 2.59. The lowest BCUT2D eigenvalue weighted by molar-refractivity contribution is 1.03. The average Bonchev–Trinajstić information content (AvgIpc) is 2.38. The molecule has 0 bridgehead atoms. The van der Waals surface area contributed by atoms with Gasteiger partial charge in [0.2, 0.25) is 0 Å². The molecule has 0 radical (unpaired) electrons. The van der Waals surface area contributed by atoms with E-state index >= 15 is 0 Å². The fraction of sp³-hybridized carbons (Fsp3) is 0.231. The van der Waals surface area contributed by atoms with Crippen LogP contribution in [0, 0.1) is 0 Å². The zero-order valence-corrected chi connectivity index (χ0v) is 10.6. The summed E-state index contributed by atoms with van der Waals surface area (Å²) >= 11 is 0. The summed E-state index contributed by atoms with van der Waals surface area (Å²) in [5, 5.41) is 3.22.